The lowest BCUT2D eigenvalue weighted by Gasteiger charge is -2.17. The van der Waals surface area contributed by atoms with E-state index in [1.54, 1.807) is 11.3 Å². The number of rotatable bonds is 6. The average molecular weight is 360 g/mol. The standard InChI is InChI=1S/C15H16BrF2NS/c1-2-19-13(9-15-14(16)3-4-20-15)7-10-5-11(17)8-12(18)6-10/h3-6,8,13,19H,2,7,9H2,1H3. The highest BCUT2D eigenvalue weighted by atomic mass is 79.9. The fourth-order valence-electron chi connectivity index (χ4n) is 2.21. The van der Waals surface area contributed by atoms with Crippen LogP contribution in [0.2, 0.25) is 0 Å². The highest BCUT2D eigenvalue weighted by Crippen LogP contribution is 2.25. The molecule has 0 amide bonds. The number of hydrogen-bond donors (Lipinski definition) is 1. The quantitative estimate of drug-likeness (QED) is 0.797. The molecule has 20 heavy (non-hydrogen) atoms. The summed E-state index contributed by atoms with van der Waals surface area (Å²) >= 11 is 5.20. The number of nitrogens with one attached hydrogen (secondary N) is 1. The van der Waals surface area contributed by atoms with Gasteiger partial charge in [-0.15, -0.1) is 11.3 Å². The second-order valence-corrected chi connectivity index (χ2v) is 6.49. The molecule has 0 aliphatic rings. The van der Waals surface area contributed by atoms with E-state index in [4.69, 9.17) is 0 Å². The second kappa shape index (κ2) is 7.29. The summed E-state index contributed by atoms with van der Waals surface area (Å²) in [5.41, 5.74) is 0.682. The molecule has 108 valence electrons. The summed E-state index contributed by atoms with van der Waals surface area (Å²) in [6.07, 6.45) is 1.44. The van der Waals surface area contributed by atoms with Gasteiger partial charge < -0.3 is 5.32 Å². The molecule has 1 aromatic carbocycles. The van der Waals surface area contributed by atoms with Gasteiger partial charge in [0.1, 0.15) is 11.6 Å². The molecule has 1 nitrogen and oxygen atoms in total. The Bertz CT molecular complexity index is 551. The lowest BCUT2D eigenvalue weighted by atomic mass is 10.0. The molecule has 2 rings (SSSR count). The van der Waals surface area contributed by atoms with E-state index in [-0.39, 0.29) is 6.04 Å². The highest BCUT2D eigenvalue weighted by Gasteiger charge is 2.13. The Kier molecular flexibility index (Phi) is 5.69. The minimum Gasteiger partial charge on any atom is -0.314 e. The van der Waals surface area contributed by atoms with Gasteiger partial charge in [0, 0.05) is 21.5 Å². The summed E-state index contributed by atoms with van der Waals surface area (Å²) < 4.78 is 27.6. The summed E-state index contributed by atoms with van der Waals surface area (Å²) in [5.74, 6) is -1.04. The van der Waals surface area contributed by atoms with Gasteiger partial charge in [0.25, 0.3) is 0 Å². The van der Waals surface area contributed by atoms with Crippen LogP contribution in [0, 0.1) is 11.6 Å². The average Bonchev–Trinajstić information content (AvgIpc) is 2.74. The SMILES string of the molecule is CCNC(Cc1cc(F)cc(F)c1)Cc1sccc1Br. The maximum atomic E-state index is 13.2. The van der Waals surface area contributed by atoms with Crippen molar-refractivity contribution in [2.24, 2.45) is 0 Å². The Morgan fingerprint density at radius 2 is 1.90 bits per heavy atom. The van der Waals surface area contributed by atoms with Crippen LogP contribution >= 0.6 is 27.3 Å². The van der Waals surface area contributed by atoms with E-state index in [0.717, 1.165) is 23.5 Å². The summed E-state index contributed by atoms with van der Waals surface area (Å²) in [4.78, 5) is 1.24. The number of thiophene rings is 1. The Labute approximate surface area is 130 Å². The van der Waals surface area contributed by atoms with Gasteiger partial charge in [-0.3, -0.25) is 0 Å². The first kappa shape index (κ1) is 15.6. The molecule has 2 aromatic rings. The van der Waals surface area contributed by atoms with Gasteiger partial charge in [0.05, 0.1) is 0 Å². The summed E-state index contributed by atoms with van der Waals surface area (Å²) in [5, 5.41) is 5.41. The zero-order valence-electron chi connectivity index (χ0n) is 11.1. The van der Waals surface area contributed by atoms with Crippen molar-refractivity contribution in [3.63, 3.8) is 0 Å². The summed E-state index contributed by atoms with van der Waals surface area (Å²) in [7, 11) is 0. The van der Waals surface area contributed by atoms with E-state index in [1.165, 1.54) is 17.0 Å². The first-order valence-electron chi connectivity index (χ1n) is 6.48. The molecular weight excluding hydrogens is 344 g/mol. The van der Waals surface area contributed by atoms with E-state index < -0.39 is 11.6 Å². The van der Waals surface area contributed by atoms with Crippen molar-refractivity contribution in [3.8, 4) is 0 Å². The van der Waals surface area contributed by atoms with Crippen LogP contribution in [-0.4, -0.2) is 12.6 Å². The van der Waals surface area contributed by atoms with Gasteiger partial charge in [0.15, 0.2) is 0 Å². The van der Waals surface area contributed by atoms with E-state index in [9.17, 15) is 8.78 Å². The van der Waals surface area contributed by atoms with Crippen LogP contribution in [0.3, 0.4) is 0 Å². The molecule has 1 N–H and O–H groups in total. The molecule has 1 atom stereocenters. The molecule has 0 saturated heterocycles. The molecule has 0 spiro atoms. The van der Waals surface area contributed by atoms with Crippen LogP contribution in [0.1, 0.15) is 17.4 Å². The zero-order valence-corrected chi connectivity index (χ0v) is 13.5. The van der Waals surface area contributed by atoms with E-state index in [2.05, 4.69) is 21.2 Å². The molecule has 1 aromatic heterocycles. The van der Waals surface area contributed by atoms with Crippen molar-refractivity contribution in [2.45, 2.75) is 25.8 Å². The monoisotopic (exact) mass is 359 g/mol. The molecule has 0 aliphatic heterocycles. The first-order chi connectivity index (χ1) is 9.58. The molecule has 1 heterocycles. The molecule has 0 fully saturated rings. The molecular formula is C15H16BrF2NS. The van der Waals surface area contributed by atoms with Gasteiger partial charge in [-0.05, 0) is 64.5 Å². The van der Waals surface area contributed by atoms with Gasteiger partial charge in [-0.1, -0.05) is 6.92 Å². The van der Waals surface area contributed by atoms with Crippen molar-refractivity contribution in [2.75, 3.05) is 6.54 Å². The molecule has 0 radical (unpaired) electrons. The fourth-order valence-corrected chi connectivity index (χ4v) is 3.81. The Balaban J connectivity index is 2.10. The summed E-state index contributed by atoms with van der Waals surface area (Å²) in [6.45, 7) is 2.86. The van der Waals surface area contributed by atoms with Crippen LogP contribution in [0.4, 0.5) is 8.78 Å². The fraction of sp³-hybridized carbons (Fsp3) is 0.333. The number of hydrogen-bond acceptors (Lipinski definition) is 2. The van der Waals surface area contributed by atoms with E-state index in [1.807, 2.05) is 18.4 Å². The van der Waals surface area contributed by atoms with Gasteiger partial charge >= 0.3 is 0 Å². The maximum Gasteiger partial charge on any atom is 0.126 e. The minimum absolute atomic E-state index is 0.163. The lowest BCUT2D eigenvalue weighted by molar-refractivity contribution is 0.517. The predicted molar refractivity (Wildman–Crippen MR) is 83.2 cm³/mol. The van der Waals surface area contributed by atoms with Crippen molar-refractivity contribution in [1.29, 1.82) is 0 Å². The molecule has 0 aliphatic carbocycles. The number of benzene rings is 1. The second-order valence-electron chi connectivity index (χ2n) is 4.63. The third kappa shape index (κ3) is 4.36. The minimum atomic E-state index is -0.521. The Morgan fingerprint density at radius 1 is 1.20 bits per heavy atom. The molecule has 0 saturated carbocycles. The predicted octanol–water partition coefficient (Wildman–Crippen LogP) is 4.55. The largest absolute Gasteiger partial charge is 0.314 e. The molecule has 1 unspecified atom stereocenters. The van der Waals surface area contributed by atoms with Crippen molar-refractivity contribution >= 4 is 27.3 Å². The third-order valence-electron chi connectivity index (χ3n) is 3.02. The first-order valence-corrected chi connectivity index (χ1v) is 8.16. The topological polar surface area (TPSA) is 12.0 Å². The van der Waals surface area contributed by atoms with E-state index >= 15 is 0 Å². The number of likely N-dealkylation sites (N-methyl/N-ethyl adjacent to an activating group) is 1. The Hall–Kier alpha value is -0.780. The number of halogens is 3. The van der Waals surface area contributed by atoms with Crippen LogP contribution in [0.15, 0.2) is 34.1 Å². The van der Waals surface area contributed by atoms with Crippen LogP contribution < -0.4 is 5.32 Å². The Morgan fingerprint density at radius 3 is 2.45 bits per heavy atom. The summed E-state index contributed by atoms with van der Waals surface area (Å²) in [6, 6.07) is 5.89. The van der Waals surface area contributed by atoms with Gasteiger partial charge in [-0.2, -0.15) is 0 Å². The van der Waals surface area contributed by atoms with Gasteiger partial charge in [0.2, 0.25) is 0 Å². The van der Waals surface area contributed by atoms with Gasteiger partial charge in [-0.25, -0.2) is 8.78 Å². The van der Waals surface area contributed by atoms with Crippen molar-refractivity contribution < 1.29 is 8.78 Å². The maximum absolute atomic E-state index is 13.2. The molecule has 5 heteroatoms. The third-order valence-corrected chi connectivity index (χ3v) is 4.97. The van der Waals surface area contributed by atoms with Crippen LogP contribution in [0.25, 0.3) is 0 Å². The zero-order chi connectivity index (χ0) is 14.5. The van der Waals surface area contributed by atoms with Crippen molar-refractivity contribution in [3.05, 3.63) is 56.2 Å². The normalized spacial score (nSPS) is 12.6. The lowest BCUT2D eigenvalue weighted by Crippen LogP contribution is -2.33. The van der Waals surface area contributed by atoms with E-state index in [0.29, 0.717) is 12.0 Å². The smallest absolute Gasteiger partial charge is 0.126 e. The van der Waals surface area contributed by atoms with Crippen molar-refractivity contribution in [1.82, 2.24) is 5.32 Å². The van der Waals surface area contributed by atoms with Crippen LogP contribution in [-0.2, 0) is 12.8 Å². The highest BCUT2D eigenvalue weighted by molar-refractivity contribution is 9.10. The molecule has 0 bridgehead atoms. The van der Waals surface area contributed by atoms with Crippen LogP contribution in [0.5, 0.6) is 0 Å².